The fraction of sp³-hybridized carbons (Fsp3) is 0.600. The molecule has 1 aromatic rings. The molecule has 2 aliphatic heterocycles. The van der Waals surface area contributed by atoms with Crippen LogP contribution < -0.4 is 15.4 Å². The number of anilines is 1. The van der Waals surface area contributed by atoms with Gasteiger partial charge in [0.05, 0.1) is 24.4 Å². The molecule has 0 saturated carbocycles. The Morgan fingerprint density at radius 1 is 1.21 bits per heavy atom. The summed E-state index contributed by atoms with van der Waals surface area (Å²) in [5.41, 5.74) is 7.21. The van der Waals surface area contributed by atoms with E-state index in [1.54, 1.807) is 0 Å². The van der Waals surface area contributed by atoms with Crippen molar-refractivity contribution in [3.63, 3.8) is 0 Å². The van der Waals surface area contributed by atoms with E-state index in [2.05, 4.69) is 17.0 Å². The minimum atomic E-state index is -0.0674. The van der Waals surface area contributed by atoms with Crippen LogP contribution in [-0.2, 0) is 4.74 Å². The highest BCUT2D eigenvalue weighted by molar-refractivity contribution is 5.61. The van der Waals surface area contributed by atoms with Crippen molar-refractivity contribution < 1.29 is 9.47 Å². The molecule has 0 aliphatic carbocycles. The van der Waals surface area contributed by atoms with Crippen molar-refractivity contribution in [2.24, 2.45) is 5.73 Å². The Labute approximate surface area is 114 Å². The van der Waals surface area contributed by atoms with Gasteiger partial charge in [-0.2, -0.15) is 0 Å². The first-order valence-corrected chi connectivity index (χ1v) is 7.13. The maximum atomic E-state index is 6.11. The van der Waals surface area contributed by atoms with E-state index in [0.717, 1.165) is 57.1 Å². The third-order valence-corrected chi connectivity index (χ3v) is 4.19. The second-order valence-corrected chi connectivity index (χ2v) is 5.41. The molecule has 1 saturated heterocycles. The van der Waals surface area contributed by atoms with Gasteiger partial charge in [-0.25, -0.2) is 0 Å². The van der Waals surface area contributed by atoms with E-state index in [4.69, 9.17) is 15.2 Å². The number of rotatable bonds is 2. The summed E-state index contributed by atoms with van der Waals surface area (Å²) in [5.74, 6) is 0.971. The van der Waals surface area contributed by atoms with Crippen molar-refractivity contribution in [3.05, 3.63) is 24.3 Å². The molecule has 1 atom stereocenters. The van der Waals surface area contributed by atoms with E-state index >= 15 is 0 Å². The molecule has 0 aromatic heterocycles. The van der Waals surface area contributed by atoms with Crippen LogP contribution in [0.4, 0.5) is 5.69 Å². The Balaban J connectivity index is 1.98. The molecule has 104 valence electrons. The first-order valence-electron chi connectivity index (χ1n) is 7.13. The Morgan fingerprint density at radius 3 is 2.89 bits per heavy atom. The largest absolute Gasteiger partial charge is 0.491 e. The summed E-state index contributed by atoms with van der Waals surface area (Å²) in [6, 6.07) is 8.26. The molecule has 2 heterocycles. The fourth-order valence-electron chi connectivity index (χ4n) is 3.14. The molecule has 1 aromatic carbocycles. The molecule has 1 unspecified atom stereocenters. The van der Waals surface area contributed by atoms with E-state index in [9.17, 15) is 0 Å². The highest BCUT2D eigenvalue weighted by atomic mass is 16.5. The van der Waals surface area contributed by atoms with Gasteiger partial charge >= 0.3 is 0 Å². The Bertz CT molecular complexity index is 430. The van der Waals surface area contributed by atoms with E-state index < -0.39 is 0 Å². The Kier molecular flexibility index (Phi) is 3.62. The monoisotopic (exact) mass is 262 g/mol. The highest BCUT2D eigenvalue weighted by Crippen LogP contribution is 2.37. The van der Waals surface area contributed by atoms with Crippen molar-refractivity contribution in [2.45, 2.75) is 24.8 Å². The van der Waals surface area contributed by atoms with Crippen LogP contribution in [0, 0.1) is 0 Å². The normalized spacial score (nSPS) is 27.3. The molecule has 2 aliphatic rings. The topological polar surface area (TPSA) is 47.7 Å². The van der Waals surface area contributed by atoms with Crippen molar-refractivity contribution in [1.29, 1.82) is 0 Å². The first-order chi connectivity index (χ1) is 9.36. The third-order valence-electron chi connectivity index (χ3n) is 4.19. The second-order valence-electron chi connectivity index (χ2n) is 5.41. The van der Waals surface area contributed by atoms with Gasteiger partial charge < -0.3 is 20.1 Å². The molecule has 0 amide bonds. The summed E-state index contributed by atoms with van der Waals surface area (Å²) in [6.07, 6.45) is 3.20. The average Bonchev–Trinajstić information content (AvgIpc) is 2.70. The lowest BCUT2D eigenvalue weighted by molar-refractivity contribution is 0.0375. The van der Waals surface area contributed by atoms with Gasteiger partial charge in [0.15, 0.2) is 0 Å². The second kappa shape index (κ2) is 5.39. The van der Waals surface area contributed by atoms with E-state index in [1.165, 1.54) is 0 Å². The molecular weight excluding hydrogens is 240 g/mol. The van der Waals surface area contributed by atoms with Crippen molar-refractivity contribution >= 4 is 5.69 Å². The summed E-state index contributed by atoms with van der Waals surface area (Å²) in [7, 11) is 0. The first kappa shape index (κ1) is 12.8. The Morgan fingerprint density at radius 2 is 2.11 bits per heavy atom. The number of ether oxygens (including phenoxy) is 2. The third kappa shape index (κ3) is 2.30. The predicted molar refractivity (Wildman–Crippen MR) is 75.7 cm³/mol. The molecule has 2 N–H and O–H groups in total. The lowest BCUT2D eigenvalue weighted by Crippen LogP contribution is -2.59. The van der Waals surface area contributed by atoms with E-state index in [-0.39, 0.29) is 5.54 Å². The van der Waals surface area contributed by atoms with Gasteiger partial charge in [-0.1, -0.05) is 12.1 Å². The number of fused-ring (bicyclic) bond motifs is 1. The molecule has 4 heteroatoms. The zero-order valence-electron chi connectivity index (χ0n) is 11.3. The van der Waals surface area contributed by atoms with Gasteiger partial charge in [-0.05, 0) is 31.4 Å². The minimum absolute atomic E-state index is 0.0674. The van der Waals surface area contributed by atoms with Crippen molar-refractivity contribution in [1.82, 2.24) is 0 Å². The highest BCUT2D eigenvalue weighted by Gasteiger charge is 2.39. The van der Waals surface area contributed by atoms with Crippen LogP contribution in [0.25, 0.3) is 0 Å². The van der Waals surface area contributed by atoms with Crippen LogP contribution in [-0.4, -0.2) is 38.4 Å². The van der Waals surface area contributed by atoms with Crippen LogP contribution in [0.3, 0.4) is 0 Å². The summed E-state index contributed by atoms with van der Waals surface area (Å²) < 4.78 is 11.6. The number of benzene rings is 1. The van der Waals surface area contributed by atoms with Gasteiger partial charge in [0.1, 0.15) is 5.75 Å². The number of para-hydroxylation sites is 2. The number of hydrogen-bond acceptors (Lipinski definition) is 4. The summed E-state index contributed by atoms with van der Waals surface area (Å²) in [4.78, 5) is 2.43. The molecular formula is C15H22N2O2. The fourth-order valence-corrected chi connectivity index (χ4v) is 3.14. The van der Waals surface area contributed by atoms with Gasteiger partial charge in [-0.3, -0.25) is 0 Å². The summed E-state index contributed by atoms with van der Waals surface area (Å²) >= 11 is 0. The van der Waals surface area contributed by atoms with Crippen LogP contribution in [0.1, 0.15) is 19.3 Å². The number of nitrogens with two attached hydrogens (primary N) is 1. The van der Waals surface area contributed by atoms with Gasteiger partial charge in [0, 0.05) is 19.7 Å². The SMILES string of the molecule is NCC1(N2CCCOc3ccccc32)CCCOC1. The molecule has 4 nitrogen and oxygen atoms in total. The zero-order chi connectivity index (χ0) is 13.1. The lowest BCUT2D eigenvalue weighted by Gasteiger charge is -2.46. The molecule has 3 rings (SSSR count). The number of nitrogens with zero attached hydrogens (tertiary/aromatic N) is 1. The van der Waals surface area contributed by atoms with Crippen LogP contribution in [0.15, 0.2) is 24.3 Å². The summed E-state index contributed by atoms with van der Waals surface area (Å²) in [6.45, 7) is 3.96. The van der Waals surface area contributed by atoms with Crippen LogP contribution in [0.5, 0.6) is 5.75 Å². The molecule has 19 heavy (non-hydrogen) atoms. The predicted octanol–water partition coefficient (Wildman–Crippen LogP) is 1.78. The standard InChI is InChI=1S/C15H22N2O2/c16-11-15(7-3-9-18-12-15)17-8-4-10-19-14-6-2-1-5-13(14)17/h1-2,5-6H,3-4,7-12,16H2. The van der Waals surface area contributed by atoms with E-state index in [1.807, 2.05) is 12.1 Å². The van der Waals surface area contributed by atoms with Crippen molar-refractivity contribution in [3.8, 4) is 5.75 Å². The van der Waals surface area contributed by atoms with Crippen LogP contribution in [0.2, 0.25) is 0 Å². The smallest absolute Gasteiger partial charge is 0.142 e. The zero-order valence-corrected chi connectivity index (χ0v) is 11.3. The summed E-state index contributed by atoms with van der Waals surface area (Å²) in [5, 5.41) is 0. The van der Waals surface area contributed by atoms with Crippen molar-refractivity contribution in [2.75, 3.05) is 37.8 Å². The maximum Gasteiger partial charge on any atom is 0.142 e. The van der Waals surface area contributed by atoms with Gasteiger partial charge in [0.2, 0.25) is 0 Å². The van der Waals surface area contributed by atoms with E-state index in [0.29, 0.717) is 6.54 Å². The number of hydrogen-bond donors (Lipinski definition) is 1. The molecule has 1 fully saturated rings. The van der Waals surface area contributed by atoms with Gasteiger partial charge in [-0.15, -0.1) is 0 Å². The molecule has 0 radical (unpaired) electrons. The molecule has 0 spiro atoms. The molecule has 0 bridgehead atoms. The van der Waals surface area contributed by atoms with Crippen LogP contribution >= 0.6 is 0 Å². The lowest BCUT2D eigenvalue weighted by atomic mass is 9.89. The maximum absolute atomic E-state index is 6.11. The quantitative estimate of drug-likeness (QED) is 0.882. The van der Waals surface area contributed by atoms with Gasteiger partial charge in [0.25, 0.3) is 0 Å². The average molecular weight is 262 g/mol. The minimum Gasteiger partial charge on any atom is -0.491 e. The Hall–Kier alpha value is -1.26.